The normalized spacial score (nSPS) is 10.7. The topological polar surface area (TPSA) is 38.1 Å². The maximum Gasteiger partial charge on any atom is 0.150 e. The number of rotatable bonds is 3. The van der Waals surface area contributed by atoms with Crippen molar-refractivity contribution in [2.75, 3.05) is 6.61 Å². The molecule has 68 valence electrons. The molecule has 0 aliphatic carbocycles. The maximum atomic E-state index is 8.75. The summed E-state index contributed by atoms with van der Waals surface area (Å²) in [5, 5.41) is 9.27. The molecule has 1 aromatic heterocycles. The average Bonchev–Trinajstić information content (AvgIpc) is 2.32. The third-order valence-electron chi connectivity index (χ3n) is 1.92. The van der Waals surface area contributed by atoms with Crippen LogP contribution in [0.2, 0.25) is 5.15 Å². The van der Waals surface area contributed by atoms with Crippen molar-refractivity contribution in [2.24, 2.45) is 7.05 Å². The van der Waals surface area contributed by atoms with Crippen molar-refractivity contribution in [3.05, 3.63) is 16.7 Å². The van der Waals surface area contributed by atoms with E-state index in [2.05, 4.69) is 4.98 Å². The zero-order chi connectivity index (χ0) is 9.14. The highest BCUT2D eigenvalue weighted by Gasteiger charge is 2.10. The first-order chi connectivity index (χ1) is 5.70. The van der Waals surface area contributed by atoms with Gasteiger partial charge in [-0.15, -0.1) is 0 Å². The first-order valence-corrected chi connectivity index (χ1v) is 4.39. The number of nitrogens with zero attached hydrogens (tertiary/aromatic N) is 2. The molecule has 0 amide bonds. The van der Waals surface area contributed by atoms with Crippen molar-refractivity contribution < 1.29 is 5.11 Å². The van der Waals surface area contributed by atoms with Gasteiger partial charge in [0.1, 0.15) is 5.82 Å². The van der Waals surface area contributed by atoms with E-state index in [4.69, 9.17) is 16.7 Å². The highest BCUT2D eigenvalue weighted by molar-refractivity contribution is 6.30. The van der Waals surface area contributed by atoms with Gasteiger partial charge in [0.2, 0.25) is 0 Å². The van der Waals surface area contributed by atoms with Gasteiger partial charge in [-0.3, -0.25) is 0 Å². The van der Waals surface area contributed by atoms with Gasteiger partial charge in [-0.25, -0.2) is 4.98 Å². The molecular formula is C8H13ClN2O. The SMILES string of the molecule is CCc1nc(Cl)c(CCO)n1C. The number of hydrogen-bond donors (Lipinski definition) is 1. The van der Waals surface area contributed by atoms with Crippen molar-refractivity contribution in [2.45, 2.75) is 19.8 Å². The van der Waals surface area contributed by atoms with Crippen molar-refractivity contribution >= 4 is 11.6 Å². The number of aromatic nitrogens is 2. The Morgan fingerprint density at radius 3 is 2.67 bits per heavy atom. The van der Waals surface area contributed by atoms with E-state index in [1.165, 1.54) is 0 Å². The summed E-state index contributed by atoms with van der Waals surface area (Å²) in [5.41, 5.74) is 0.913. The summed E-state index contributed by atoms with van der Waals surface area (Å²) in [5.74, 6) is 0.962. The molecule has 0 aromatic carbocycles. The van der Waals surface area contributed by atoms with Crippen molar-refractivity contribution in [1.29, 1.82) is 0 Å². The second-order valence-corrected chi connectivity index (χ2v) is 3.01. The molecule has 1 rings (SSSR count). The molecule has 0 aliphatic heterocycles. The summed E-state index contributed by atoms with van der Waals surface area (Å²) in [7, 11) is 1.92. The summed E-state index contributed by atoms with van der Waals surface area (Å²) in [6.45, 7) is 2.14. The van der Waals surface area contributed by atoms with E-state index in [0.717, 1.165) is 17.9 Å². The lowest BCUT2D eigenvalue weighted by molar-refractivity contribution is 0.297. The Bertz CT molecular complexity index is 270. The zero-order valence-electron chi connectivity index (χ0n) is 7.34. The monoisotopic (exact) mass is 188 g/mol. The number of aliphatic hydroxyl groups excluding tert-OH is 1. The molecule has 0 fully saturated rings. The number of hydrogen-bond acceptors (Lipinski definition) is 2. The van der Waals surface area contributed by atoms with Gasteiger partial charge in [0.05, 0.1) is 5.69 Å². The minimum Gasteiger partial charge on any atom is -0.396 e. The highest BCUT2D eigenvalue weighted by atomic mass is 35.5. The average molecular weight is 189 g/mol. The van der Waals surface area contributed by atoms with E-state index in [9.17, 15) is 0 Å². The van der Waals surface area contributed by atoms with Crippen LogP contribution in [0, 0.1) is 0 Å². The van der Waals surface area contributed by atoms with E-state index in [0.29, 0.717) is 11.6 Å². The second-order valence-electron chi connectivity index (χ2n) is 2.65. The molecule has 1 N–H and O–H groups in total. The van der Waals surface area contributed by atoms with Crippen LogP contribution < -0.4 is 0 Å². The molecule has 1 heterocycles. The number of halogens is 1. The van der Waals surface area contributed by atoms with E-state index in [1.54, 1.807) is 0 Å². The molecular weight excluding hydrogens is 176 g/mol. The quantitative estimate of drug-likeness (QED) is 0.774. The second kappa shape index (κ2) is 3.92. The van der Waals surface area contributed by atoms with Crippen LogP contribution >= 0.6 is 11.6 Å². The summed E-state index contributed by atoms with van der Waals surface area (Å²) in [6, 6.07) is 0. The van der Waals surface area contributed by atoms with Gasteiger partial charge >= 0.3 is 0 Å². The van der Waals surface area contributed by atoms with Gasteiger partial charge in [0.25, 0.3) is 0 Å². The molecule has 0 radical (unpaired) electrons. The minimum atomic E-state index is 0.113. The fraction of sp³-hybridized carbons (Fsp3) is 0.625. The van der Waals surface area contributed by atoms with Crippen molar-refractivity contribution in [3.8, 4) is 0 Å². The van der Waals surface area contributed by atoms with E-state index in [1.807, 2.05) is 18.5 Å². The predicted molar refractivity (Wildman–Crippen MR) is 48.4 cm³/mol. The zero-order valence-corrected chi connectivity index (χ0v) is 8.10. The van der Waals surface area contributed by atoms with Gasteiger partial charge in [0, 0.05) is 26.5 Å². The summed E-state index contributed by atoms with van der Waals surface area (Å²) >= 11 is 5.86. The van der Waals surface area contributed by atoms with Gasteiger partial charge in [0.15, 0.2) is 5.15 Å². The molecule has 0 bridgehead atoms. The largest absolute Gasteiger partial charge is 0.396 e. The molecule has 0 unspecified atom stereocenters. The molecule has 0 atom stereocenters. The molecule has 12 heavy (non-hydrogen) atoms. The highest BCUT2D eigenvalue weighted by Crippen LogP contribution is 2.16. The Morgan fingerprint density at radius 1 is 1.58 bits per heavy atom. The molecule has 0 saturated carbocycles. The van der Waals surface area contributed by atoms with E-state index in [-0.39, 0.29) is 6.61 Å². The van der Waals surface area contributed by atoms with Crippen molar-refractivity contribution in [3.63, 3.8) is 0 Å². The minimum absolute atomic E-state index is 0.113. The Labute approximate surface area is 77.0 Å². The number of aryl methyl sites for hydroxylation is 1. The number of imidazole rings is 1. The van der Waals surface area contributed by atoms with Crippen molar-refractivity contribution in [1.82, 2.24) is 9.55 Å². The van der Waals surface area contributed by atoms with Crippen LogP contribution in [0.4, 0.5) is 0 Å². The van der Waals surface area contributed by atoms with Crippen LogP contribution in [0.5, 0.6) is 0 Å². The summed E-state index contributed by atoms with van der Waals surface area (Å²) in [6.07, 6.45) is 1.43. The lowest BCUT2D eigenvalue weighted by Crippen LogP contribution is -2.02. The lowest BCUT2D eigenvalue weighted by Gasteiger charge is -2.01. The smallest absolute Gasteiger partial charge is 0.150 e. The van der Waals surface area contributed by atoms with Crippen LogP contribution in [-0.2, 0) is 19.9 Å². The molecule has 0 aliphatic rings. The maximum absolute atomic E-state index is 8.75. The fourth-order valence-electron chi connectivity index (χ4n) is 1.24. The third-order valence-corrected chi connectivity index (χ3v) is 2.22. The van der Waals surface area contributed by atoms with Gasteiger partial charge in [-0.05, 0) is 0 Å². The molecule has 4 heteroatoms. The predicted octanol–water partition coefficient (Wildman–Crippen LogP) is 1.17. The van der Waals surface area contributed by atoms with Crippen LogP contribution in [-0.4, -0.2) is 21.3 Å². The third kappa shape index (κ3) is 1.62. The fourth-order valence-corrected chi connectivity index (χ4v) is 1.56. The van der Waals surface area contributed by atoms with Gasteiger partial charge in [-0.1, -0.05) is 18.5 Å². The van der Waals surface area contributed by atoms with Crippen LogP contribution in [0.1, 0.15) is 18.4 Å². The Balaban J connectivity index is 3.01. The Morgan fingerprint density at radius 2 is 2.25 bits per heavy atom. The molecule has 0 spiro atoms. The summed E-state index contributed by atoms with van der Waals surface area (Å²) in [4.78, 5) is 4.16. The Hall–Kier alpha value is -0.540. The van der Waals surface area contributed by atoms with Crippen LogP contribution in [0.3, 0.4) is 0 Å². The molecule has 1 aromatic rings. The number of aliphatic hydroxyl groups is 1. The van der Waals surface area contributed by atoms with Crippen LogP contribution in [0.15, 0.2) is 0 Å². The molecule has 0 saturated heterocycles. The van der Waals surface area contributed by atoms with E-state index < -0.39 is 0 Å². The van der Waals surface area contributed by atoms with Crippen LogP contribution in [0.25, 0.3) is 0 Å². The standard InChI is InChI=1S/C8H13ClN2O/c1-3-7-10-8(9)6(4-5-12)11(7)2/h12H,3-5H2,1-2H3. The molecule has 3 nitrogen and oxygen atoms in total. The van der Waals surface area contributed by atoms with E-state index >= 15 is 0 Å². The first-order valence-electron chi connectivity index (χ1n) is 4.01. The van der Waals surface area contributed by atoms with Gasteiger partial charge < -0.3 is 9.67 Å². The Kier molecular flexibility index (Phi) is 3.12. The summed E-state index contributed by atoms with van der Waals surface area (Å²) < 4.78 is 1.94. The van der Waals surface area contributed by atoms with Gasteiger partial charge in [-0.2, -0.15) is 0 Å². The lowest BCUT2D eigenvalue weighted by atomic mass is 10.3. The first kappa shape index (κ1) is 9.55.